The van der Waals surface area contributed by atoms with Gasteiger partial charge in [-0.05, 0) is 42.8 Å². The van der Waals surface area contributed by atoms with Crippen LogP contribution in [0.5, 0.6) is 0 Å². The van der Waals surface area contributed by atoms with E-state index in [0.29, 0.717) is 34.0 Å². The molecule has 0 bridgehead atoms. The zero-order valence-electron chi connectivity index (χ0n) is 19.3. The van der Waals surface area contributed by atoms with Gasteiger partial charge in [0.15, 0.2) is 0 Å². The van der Waals surface area contributed by atoms with Crippen LogP contribution in [0.2, 0.25) is 5.02 Å². The Morgan fingerprint density at radius 3 is 2.34 bits per heavy atom. The van der Waals surface area contributed by atoms with Crippen LogP contribution in [-0.2, 0) is 17.8 Å². The molecule has 3 heterocycles. The van der Waals surface area contributed by atoms with Crippen molar-refractivity contribution in [1.29, 1.82) is 0 Å². The first kappa shape index (κ1) is 23.4. The van der Waals surface area contributed by atoms with Crippen LogP contribution in [0.25, 0.3) is 15.9 Å². The van der Waals surface area contributed by atoms with Gasteiger partial charge < -0.3 is 9.80 Å². The molecular weight excluding hydrogens is 484 g/mol. The topological polar surface area (TPSA) is 67.5 Å². The summed E-state index contributed by atoms with van der Waals surface area (Å²) in [7, 11) is 0. The molecule has 35 heavy (non-hydrogen) atoms. The Bertz CT molecular complexity index is 1500. The molecule has 0 radical (unpaired) electrons. The first-order valence-corrected chi connectivity index (χ1v) is 12.8. The fourth-order valence-corrected chi connectivity index (χ4v) is 5.71. The fourth-order valence-electron chi connectivity index (χ4n) is 4.44. The van der Waals surface area contributed by atoms with Crippen molar-refractivity contribution in [2.24, 2.45) is 0 Å². The maximum absolute atomic E-state index is 13.6. The zero-order chi connectivity index (χ0) is 24.5. The molecule has 0 N–H and O–H groups in total. The lowest BCUT2D eigenvalue weighted by molar-refractivity contribution is -0.132. The Labute approximate surface area is 211 Å². The Kier molecular flexibility index (Phi) is 6.49. The second-order valence-electron chi connectivity index (χ2n) is 8.48. The third kappa shape index (κ3) is 4.51. The molecule has 1 amide bonds. The van der Waals surface area contributed by atoms with E-state index >= 15 is 0 Å². The number of hydrogen-bond donors (Lipinski definition) is 0. The summed E-state index contributed by atoms with van der Waals surface area (Å²) in [4.78, 5) is 45.8. The smallest absolute Gasteiger partial charge is 0.337 e. The van der Waals surface area contributed by atoms with Gasteiger partial charge in [-0.2, -0.15) is 0 Å². The van der Waals surface area contributed by atoms with E-state index in [1.807, 2.05) is 31.2 Å². The Hall–Kier alpha value is -3.36. The maximum atomic E-state index is 13.6. The standard InChI is InChI=1S/C26H25ClN4O3S/c1-2-21-16-22-24(33)31(20-10-6-7-18(27)15-20)26(34)30(25(22)35-21)17-23(32)29-13-11-28(12-14-29)19-8-4-3-5-9-19/h3-10,15-16H,2,11-14,17H2,1H3. The molecule has 180 valence electrons. The lowest BCUT2D eigenvalue weighted by Crippen LogP contribution is -2.50. The normalized spacial score (nSPS) is 14.0. The number of para-hydroxylation sites is 1. The molecule has 5 rings (SSSR count). The van der Waals surface area contributed by atoms with Crippen LogP contribution in [0.4, 0.5) is 5.69 Å². The second-order valence-corrected chi connectivity index (χ2v) is 10.0. The van der Waals surface area contributed by atoms with E-state index in [-0.39, 0.29) is 12.5 Å². The van der Waals surface area contributed by atoms with Gasteiger partial charge in [0.25, 0.3) is 5.56 Å². The van der Waals surface area contributed by atoms with E-state index in [9.17, 15) is 14.4 Å². The van der Waals surface area contributed by atoms with Crippen LogP contribution < -0.4 is 16.1 Å². The number of aromatic nitrogens is 2. The summed E-state index contributed by atoms with van der Waals surface area (Å²) in [5.41, 5.74) is 0.585. The lowest BCUT2D eigenvalue weighted by Gasteiger charge is -2.36. The Morgan fingerprint density at radius 2 is 1.66 bits per heavy atom. The van der Waals surface area contributed by atoms with Gasteiger partial charge in [0.1, 0.15) is 11.4 Å². The number of benzene rings is 2. The third-order valence-corrected chi connectivity index (χ3v) is 7.86. The molecule has 7 nitrogen and oxygen atoms in total. The van der Waals surface area contributed by atoms with E-state index in [1.54, 1.807) is 29.2 Å². The van der Waals surface area contributed by atoms with E-state index in [1.165, 1.54) is 15.9 Å². The van der Waals surface area contributed by atoms with Crippen LogP contribution in [0.1, 0.15) is 11.8 Å². The first-order valence-electron chi connectivity index (χ1n) is 11.6. The van der Waals surface area contributed by atoms with Gasteiger partial charge in [-0.3, -0.25) is 14.2 Å². The van der Waals surface area contributed by atoms with Gasteiger partial charge in [-0.15, -0.1) is 11.3 Å². The van der Waals surface area contributed by atoms with Crippen molar-refractivity contribution < 1.29 is 4.79 Å². The molecule has 1 fully saturated rings. The highest BCUT2D eigenvalue weighted by Crippen LogP contribution is 2.24. The van der Waals surface area contributed by atoms with Gasteiger partial charge >= 0.3 is 5.69 Å². The average molecular weight is 509 g/mol. The van der Waals surface area contributed by atoms with Crippen molar-refractivity contribution in [3.05, 3.63) is 91.4 Å². The number of piperazine rings is 1. The molecule has 9 heteroatoms. The predicted octanol–water partition coefficient (Wildman–Crippen LogP) is 3.78. The van der Waals surface area contributed by atoms with Crippen molar-refractivity contribution in [3.8, 4) is 5.69 Å². The molecule has 0 unspecified atom stereocenters. The molecule has 1 saturated heterocycles. The van der Waals surface area contributed by atoms with Gasteiger partial charge in [0.2, 0.25) is 5.91 Å². The fraction of sp³-hybridized carbons (Fsp3) is 0.269. The summed E-state index contributed by atoms with van der Waals surface area (Å²) in [6, 6.07) is 18.6. The molecule has 0 spiro atoms. The highest BCUT2D eigenvalue weighted by Gasteiger charge is 2.24. The molecule has 2 aromatic heterocycles. The van der Waals surface area contributed by atoms with Gasteiger partial charge in [-0.25, -0.2) is 9.36 Å². The van der Waals surface area contributed by atoms with Gasteiger partial charge in [0.05, 0.1) is 11.1 Å². The first-order chi connectivity index (χ1) is 17.0. The highest BCUT2D eigenvalue weighted by atomic mass is 35.5. The highest BCUT2D eigenvalue weighted by molar-refractivity contribution is 7.18. The predicted molar refractivity (Wildman–Crippen MR) is 141 cm³/mol. The molecule has 1 aliphatic rings. The van der Waals surface area contributed by atoms with Gasteiger partial charge in [0, 0.05) is 41.8 Å². The molecule has 0 aliphatic carbocycles. The van der Waals surface area contributed by atoms with E-state index in [2.05, 4.69) is 17.0 Å². The molecule has 1 aliphatic heterocycles. The monoisotopic (exact) mass is 508 g/mol. The number of thiophene rings is 1. The van der Waals surface area contributed by atoms with E-state index in [0.717, 1.165) is 34.6 Å². The van der Waals surface area contributed by atoms with Crippen LogP contribution >= 0.6 is 22.9 Å². The summed E-state index contributed by atoms with van der Waals surface area (Å²) in [5, 5.41) is 0.862. The number of carbonyl (C=O) groups excluding carboxylic acids is 1. The summed E-state index contributed by atoms with van der Waals surface area (Å²) < 4.78 is 2.55. The van der Waals surface area contributed by atoms with Crippen molar-refractivity contribution in [2.75, 3.05) is 31.1 Å². The minimum Gasteiger partial charge on any atom is -0.368 e. The Morgan fingerprint density at radius 1 is 0.943 bits per heavy atom. The second kappa shape index (κ2) is 9.71. The average Bonchev–Trinajstić information content (AvgIpc) is 3.32. The number of nitrogens with zero attached hydrogens (tertiary/aromatic N) is 4. The van der Waals surface area contributed by atoms with Crippen LogP contribution in [0.15, 0.2) is 70.3 Å². The number of carbonyl (C=O) groups is 1. The summed E-state index contributed by atoms with van der Waals surface area (Å²) >= 11 is 7.53. The largest absolute Gasteiger partial charge is 0.368 e. The number of aryl methyl sites for hydroxylation is 1. The number of hydrogen-bond acceptors (Lipinski definition) is 5. The van der Waals surface area contributed by atoms with Crippen molar-refractivity contribution >= 4 is 44.7 Å². The van der Waals surface area contributed by atoms with Crippen molar-refractivity contribution in [1.82, 2.24) is 14.0 Å². The zero-order valence-corrected chi connectivity index (χ0v) is 20.9. The Balaban J connectivity index is 1.48. The summed E-state index contributed by atoms with van der Waals surface area (Å²) in [6.07, 6.45) is 0.736. The number of amides is 1. The molecule has 4 aromatic rings. The maximum Gasteiger partial charge on any atom is 0.337 e. The molecule has 2 aromatic carbocycles. The van der Waals surface area contributed by atoms with E-state index < -0.39 is 11.2 Å². The summed E-state index contributed by atoms with van der Waals surface area (Å²) in [6.45, 7) is 4.47. The molecule has 0 saturated carbocycles. The quantitative estimate of drug-likeness (QED) is 0.411. The third-order valence-electron chi connectivity index (χ3n) is 6.33. The lowest BCUT2D eigenvalue weighted by atomic mass is 10.2. The number of halogens is 1. The molecular formula is C26H25ClN4O3S. The van der Waals surface area contributed by atoms with Crippen LogP contribution in [-0.4, -0.2) is 46.1 Å². The number of fused-ring (bicyclic) bond motifs is 1. The van der Waals surface area contributed by atoms with Gasteiger partial charge in [-0.1, -0.05) is 42.8 Å². The van der Waals surface area contributed by atoms with E-state index in [4.69, 9.17) is 11.6 Å². The summed E-state index contributed by atoms with van der Waals surface area (Å²) in [5.74, 6) is -0.135. The van der Waals surface area contributed by atoms with Crippen molar-refractivity contribution in [3.63, 3.8) is 0 Å². The van der Waals surface area contributed by atoms with Crippen LogP contribution in [0.3, 0.4) is 0 Å². The molecule has 0 atom stereocenters. The number of rotatable bonds is 5. The number of anilines is 1. The SMILES string of the molecule is CCc1cc2c(=O)n(-c3cccc(Cl)c3)c(=O)n(CC(=O)N3CCN(c4ccccc4)CC3)c2s1. The minimum atomic E-state index is -0.537. The minimum absolute atomic E-state index is 0.120. The van der Waals surface area contributed by atoms with Crippen molar-refractivity contribution in [2.45, 2.75) is 19.9 Å². The van der Waals surface area contributed by atoms with Crippen LogP contribution in [0, 0.1) is 0 Å².